The van der Waals surface area contributed by atoms with Gasteiger partial charge in [0.15, 0.2) is 9.84 Å². The minimum absolute atomic E-state index is 0.0336. The van der Waals surface area contributed by atoms with Gasteiger partial charge >= 0.3 is 0 Å². The summed E-state index contributed by atoms with van der Waals surface area (Å²) in [5.41, 5.74) is 5.57. The maximum atomic E-state index is 12.4. The molecule has 2 unspecified atom stereocenters. The molecule has 0 aromatic carbocycles. The van der Waals surface area contributed by atoms with Crippen molar-refractivity contribution in [1.29, 1.82) is 0 Å². The molecule has 2 N–H and O–H groups in total. The van der Waals surface area contributed by atoms with Crippen LogP contribution in [0.5, 0.6) is 0 Å². The van der Waals surface area contributed by atoms with Crippen LogP contribution in [-0.2, 0) is 14.6 Å². The summed E-state index contributed by atoms with van der Waals surface area (Å²) in [6.45, 7) is 3.86. The van der Waals surface area contributed by atoms with Crippen LogP contribution in [0.15, 0.2) is 0 Å². The molecule has 0 aromatic heterocycles. The Hall–Kier alpha value is -0.340. The van der Waals surface area contributed by atoms with E-state index in [-0.39, 0.29) is 16.6 Å². The van der Waals surface area contributed by atoms with Crippen LogP contribution < -0.4 is 5.73 Å². The first-order chi connectivity index (χ1) is 8.85. The van der Waals surface area contributed by atoms with Crippen LogP contribution in [0.1, 0.15) is 20.3 Å². The average molecular weight is 324 g/mol. The summed E-state index contributed by atoms with van der Waals surface area (Å²) in [6, 6.07) is 0. The third-order valence-electron chi connectivity index (χ3n) is 3.23. The van der Waals surface area contributed by atoms with E-state index in [2.05, 4.69) is 0 Å². The number of carbonyl (C=O) groups excluding carboxylic acids is 1. The third-order valence-corrected chi connectivity index (χ3v) is 6.81. The topological polar surface area (TPSA) is 80.5 Å². The lowest BCUT2D eigenvalue weighted by Crippen LogP contribution is -2.53. The highest BCUT2D eigenvalue weighted by atomic mass is 32.2. The van der Waals surface area contributed by atoms with Gasteiger partial charge in [-0.2, -0.15) is 11.8 Å². The normalized spacial score (nSPS) is 22.0. The van der Waals surface area contributed by atoms with E-state index >= 15 is 0 Å². The van der Waals surface area contributed by atoms with Gasteiger partial charge in [-0.1, -0.05) is 26.1 Å². The second-order valence-corrected chi connectivity index (χ2v) is 8.44. The Bertz CT molecular complexity index is 450. The molecular weight excluding hydrogens is 304 g/mol. The van der Waals surface area contributed by atoms with Crippen LogP contribution in [0, 0.1) is 5.92 Å². The number of nitrogens with two attached hydrogens (primary N) is 1. The molecule has 0 radical (unpaired) electrons. The minimum Gasteiger partial charge on any atom is -0.393 e. The van der Waals surface area contributed by atoms with E-state index < -0.39 is 21.1 Å². The summed E-state index contributed by atoms with van der Waals surface area (Å²) in [6.07, 6.45) is 0.497. The van der Waals surface area contributed by atoms with E-state index in [1.165, 1.54) is 4.90 Å². The predicted octanol–water partition coefficient (Wildman–Crippen LogP) is 0.635. The Morgan fingerprint density at radius 2 is 2.16 bits per heavy atom. The summed E-state index contributed by atoms with van der Waals surface area (Å²) in [4.78, 5) is 14.0. The van der Waals surface area contributed by atoms with E-state index in [4.69, 9.17) is 18.0 Å². The molecule has 0 saturated carbocycles. The quantitative estimate of drug-likeness (QED) is 0.747. The molecule has 8 heteroatoms. The Morgan fingerprint density at radius 3 is 2.63 bits per heavy atom. The summed E-state index contributed by atoms with van der Waals surface area (Å²) < 4.78 is 24.2. The van der Waals surface area contributed by atoms with Gasteiger partial charge in [0.1, 0.15) is 5.37 Å². The van der Waals surface area contributed by atoms with Gasteiger partial charge in [0.25, 0.3) is 0 Å². The van der Waals surface area contributed by atoms with Crippen LogP contribution in [0.3, 0.4) is 0 Å². The molecule has 0 aromatic rings. The van der Waals surface area contributed by atoms with Crippen molar-refractivity contribution in [2.24, 2.45) is 11.7 Å². The first kappa shape index (κ1) is 16.7. The van der Waals surface area contributed by atoms with Crippen LogP contribution in [0.4, 0.5) is 0 Å². The molecule has 1 rings (SSSR count). The number of thiocarbonyl (C=S) groups is 1. The lowest BCUT2D eigenvalue weighted by molar-refractivity contribution is -0.133. The molecule has 5 nitrogen and oxygen atoms in total. The van der Waals surface area contributed by atoms with Crippen molar-refractivity contribution in [1.82, 2.24) is 4.90 Å². The third kappa shape index (κ3) is 3.82. The number of carbonyl (C=O) groups is 1. The smallest absolute Gasteiger partial charge is 0.233 e. The fraction of sp³-hybridized carbons (Fsp3) is 0.818. The zero-order valence-corrected chi connectivity index (χ0v) is 13.6. The molecule has 1 heterocycles. The highest BCUT2D eigenvalue weighted by Gasteiger charge is 2.38. The van der Waals surface area contributed by atoms with Crippen molar-refractivity contribution in [3.05, 3.63) is 0 Å². The first-order valence-electron chi connectivity index (χ1n) is 6.24. The summed E-state index contributed by atoms with van der Waals surface area (Å²) in [7, 11) is -3.28. The molecule has 0 bridgehead atoms. The molecule has 1 amide bonds. The number of sulfone groups is 1. The van der Waals surface area contributed by atoms with Crippen molar-refractivity contribution >= 4 is 44.7 Å². The fourth-order valence-electron chi connectivity index (χ4n) is 2.02. The average Bonchev–Trinajstić information content (AvgIpc) is 2.39. The van der Waals surface area contributed by atoms with Crippen LogP contribution in [0.25, 0.3) is 0 Å². The van der Waals surface area contributed by atoms with Gasteiger partial charge < -0.3 is 10.6 Å². The van der Waals surface area contributed by atoms with Crippen LogP contribution in [0.2, 0.25) is 0 Å². The zero-order valence-electron chi connectivity index (χ0n) is 11.2. The van der Waals surface area contributed by atoms with Crippen molar-refractivity contribution in [2.75, 3.05) is 23.8 Å². The van der Waals surface area contributed by atoms with Crippen LogP contribution >= 0.6 is 24.0 Å². The minimum atomic E-state index is -3.28. The zero-order chi connectivity index (χ0) is 14.6. The monoisotopic (exact) mass is 324 g/mol. The molecule has 0 spiro atoms. The predicted molar refractivity (Wildman–Crippen MR) is 82.9 cm³/mol. The second kappa shape index (κ2) is 6.90. The SMILES string of the molecule is CCC(C(=O)N1CCSCC1S(=O)(=O)CC)C(N)=S. The van der Waals surface area contributed by atoms with Crippen molar-refractivity contribution < 1.29 is 13.2 Å². The van der Waals surface area contributed by atoms with Gasteiger partial charge in [0.2, 0.25) is 5.91 Å². The Kier molecular flexibility index (Phi) is 6.07. The number of thioether (sulfide) groups is 1. The number of hydrogen-bond acceptors (Lipinski definition) is 5. The van der Waals surface area contributed by atoms with Gasteiger partial charge in [0, 0.05) is 23.8 Å². The van der Waals surface area contributed by atoms with E-state index in [9.17, 15) is 13.2 Å². The van der Waals surface area contributed by atoms with Gasteiger partial charge in [-0.25, -0.2) is 8.42 Å². The molecule has 2 atom stereocenters. The molecule has 0 aliphatic carbocycles. The van der Waals surface area contributed by atoms with E-state index in [1.807, 2.05) is 6.92 Å². The fourth-order valence-corrected chi connectivity index (χ4v) is 5.26. The molecule has 19 heavy (non-hydrogen) atoms. The highest BCUT2D eigenvalue weighted by Crippen LogP contribution is 2.24. The molecular formula is C11H20N2O3S3. The van der Waals surface area contributed by atoms with E-state index in [0.29, 0.717) is 18.7 Å². The van der Waals surface area contributed by atoms with Gasteiger partial charge in [-0.15, -0.1) is 0 Å². The maximum Gasteiger partial charge on any atom is 0.233 e. The summed E-state index contributed by atoms with van der Waals surface area (Å²) in [5, 5.41) is -0.743. The Morgan fingerprint density at radius 1 is 1.53 bits per heavy atom. The van der Waals surface area contributed by atoms with Crippen LogP contribution in [-0.4, -0.2) is 53.4 Å². The summed E-state index contributed by atoms with van der Waals surface area (Å²) >= 11 is 6.45. The lowest BCUT2D eigenvalue weighted by Gasteiger charge is -2.36. The molecule has 1 fully saturated rings. The second-order valence-electron chi connectivity index (χ2n) is 4.38. The van der Waals surface area contributed by atoms with Crippen molar-refractivity contribution in [3.63, 3.8) is 0 Å². The number of rotatable bonds is 5. The summed E-state index contributed by atoms with van der Waals surface area (Å²) in [5.74, 6) is 0.390. The van der Waals surface area contributed by atoms with Crippen molar-refractivity contribution in [2.45, 2.75) is 25.6 Å². The lowest BCUT2D eigenvalue weighted by atomic mass is 10.1. The van der Waals surface area contributed by atoms with Crippen molar-refractivity contribution in [3.8, 4) is 0 Å². The number of hydrogen-bond donors (Lipinski definition) is 1. The standard InChI is InChI=1S/C11H20N2O3S3/c1-3-8(10(12)17)11(14)13-5-6-18-7-9(13)19(15,16)4-2/h8-9H,3-7H2,1-2H3,(H2,12,17). The molecule has 1 aliphatic rings. The van der Waals surface area contributed by atoms with Gasteiger partial charge in [0.05, 0.1) is 10.9 Å². The molecule has 110 valence electrons. The molecule has 1 saturated heterocycles. The largest absolute Gasteiger partial charge is 0.393 e. The van der Waals surface area contributed by atoms with E-state index in [1.54, 1.807) is 18.7 Å². The van der Waals surface area contributed by atoms with Gasteiger partial charge in [-0.3, -0.25) is 4.79 Å². The maximum absolute atomic E-state index is 12.4. The Labute approximate surface area is 124 Å². The first-order valence-corrected chi connectivity index (χ1v) is 9.52. The number of nitrogens with zero attached hydrogens (tertiary/aromatic N) is 1. The highest BCUT2D eigenvalue weighted by molar-refractivity contribution is 8.01. The Balaban J connectivity index is 3.00. The van der Waals surface area contributed by atoms with E-state index in [0.717, 1.165) is 5.75 Å². The molecule has 1 aliphatic heterocycles. The van der Waals surface area contributed by atoms with Gasteiger partial charge in [-0.05, 0) is 6.42 Å². The number of amides is 1.